The van der Waals surface area contributed by atoms with Gasteiger partial charge in [-0.1, -0.05) is 0 Å². The molecule has 18 heavy (non-hydrogen) atoms. The van der Waals surface area contributed by atoms with Crippen molar-refractivity contribution in [2.24, 2.45) is 7.05 Å². The Hall–Kier alpha value is -1.82. The number of piperazine rings is 1. The van der Waals surface area contributed by atoms with Crippen molar-refractivity contribution in [2.45, 2.75) is 0 Å². The second kappa shape index (κ2) is 4.13. The maximum absolute atomic E-state index is 12.0. The highest BCUT2D eigenvalue weighted by molar-refractivity contribution is 5.76. The fourth-order valence-electron chi connectivity index (χ4n) is 2.30. The van der Waals surface area contributed by atoms with Crippen molar-refractivity contribution in [2.75, 3.05) is 38.1 Å². The van der Waals surface area contributed by atoms with Crippen LogP contribution in [-0.4, -0.2) is 52.7 Å². The molecule has 0 amide bonds. The molecule has 0 aromatic carbocycles. The quantitative estimate of drug-likeness (QED) is 0.771. The van der Waals surface area contributed by atoms with Crippen LogP contribution in [0.2, 0.25) is 0 Å². The number of likely N-dealkylation sites (N-methyl/N-ethyl adjacent to an activating group) is 1. The summed E-state index contributed by atoms with van der Waals surface area (Å²) in [5, 5.41) is 0.648. The van der Waals surface area contributed by atoms with Crippen molar-refractivity contribution in [1.82, 2.24) is 19.4 Å². The highest BCUT2D eigenvalue weighted by Crippen LogP contribution is 2.13. The van der Waals surface area contributed by atoms with Gasteiger partial charge in [-0.05, 0) is 13.1 Å². The van der Waals surface area contributed by atoms with Crippen LogP contribution in [0.25, 0.3) is 11.0 Å². The lowest BCUT2D eigenvalue weighted by molar-refractivity contribution is 0.311. The fourth-order valence-corrected chi connectivity index (χ4v) is 2.30. The normalized spacial score (nSPS) is 17.6. The van der Waals surface area contributed by atoms with Crippen LogP contribution >= 0.6 is 0 Å². The lowest BCUT2D eigenvalue weighted by atomic mass is 10.3. The molecular formula is C12H17N5O. The van der Waals surface area contributed by atoms with E-state index in [9.17, 15) is 4.79 Å². The Bertz CT molecular complexity index is 621. The topological polar surface area (TPSA) is 57.2 Å². The van der Waals surface area contributed by atoms with Crippen LogP contribution < -0.4 is 10.5 Å². The van der Waals surface area contributed by atoms with Crippen LogP contribution in [0.4, 0.5) is 5.95 Å². The first-order chi connectivity index (χ1) is 8.65. The van der Waals surface area contributed by atoms with Gasteiger partial charge >= 0.3 is 0 Å². The molecule has 6 heteroatoms. The number of hydrogen-bond acceptors (Lipinski definition) is 4. The zero-order chi connectivity index (χ0) is 12.7. The maximum atomic E-state index is 12.0. The predicted octanol–water partition coefficient (Wildman–Crippen LogP) is 0.0134. The average molecular weight is 247 g/mol. The van der Waals surface area contributed by atoms with E-state index in [4.69, 9.17) is 0 Å². The van der Waals surface area contributed by atoms with Gasteiger partial charge in [-0.3, -0.25) is 9.78 Å². The minimum absolute atomic E-state index is 0.0606. The second-order valence-electron chi connectivity index (χ2n) is 4.84. The Kier molecular flexibility index (Phi) is 2.59. The van der Waals surface area contributed by atoms with Gasteiger partial charge < -0.3 is 14.4 Å². The van der Waals surface area contributed by atoms with Crippen molar-refractivity contribution in [1.29, 1.82) is 0 Å². The lowest BCUT2D eigenvalue weighted by Gasteiger charge is -2.32. The summed E-state index contributed by atoms with van der Waals surface area (Å²) >= 11 is 0. The number of aromatic amines is 1. The van der Waals surface area contributed by atoms with Gasteiger partial charge in [0.05, 0.1) is 5.39 Å². The molecule has 1 N–H and O–H groups in total. The number of aromatic nitrogens is 3. The summed E-state index contributed by atoms with van der Waals surface area (Å²) in [4.78, 5) is 23.8. The minimum Gasteiger partial charge on any atom is -0.340 e. The zero-order valence-electron chi connectivity index (χ0n) is 10.7. The Morgan fingerprint density at radius 2 is 1.94 bits per heavy atom. The molecule has 0 bridgehead atoms. The molecule has 3 rings (SSSR count). The summed E-state index contributed by atoms with van der Waals surface area (Å²) in [7, 11) is 4.01. The molecule has 0 aliphatic carbocycles. The second-order valence-corrected chi connectivity index (χ2v) is 4.84. The van der Waals surface area contributed by atoms with E-state index >= 15 is 0 Å². The maximum Gasteiger partial charge on any atom is 0.261 e. The van der Waals surface area contributed by atoms with Crippen LogP contribution in [0.1, 0.15) is 0 Å². The smallest absolute Gasteiger partial charge is 0.261 e. The highest BCUT2D eigenvalue weighted by Gasteiger charge is 2.17. The van der Waals surface area contributed by atoms with Crippen molar-refractivity contribution >= 4 is 17.0 Å². The third-order valence-corrected chi connectivity index (χ3v) is 3.52. The number of rotatable bonds is 1. The van der Waals surface area contributed by atoms with E-state index in [2.05, 4.69) is 26.8 Å². The molecule has 3 heterocycles. The first kappa shape index (κ1) is 11.3. The third-order valence-electron chi connectivity index (χ3n) is 3.52. The molecule has 0 saturated carbocycles. The average Bonchev–Trinajstić information content (AvgIpc) is 2.73. The van der Waals surface area contributed by atoms with Crippen LogP contribution in [0.3, 0.4) is 0 Å². The van der Waals surface area contributed by atoms with Crippen LogP contribution in [0.15, 0.2) is 17.1 Å². The first-order valence-electron chi connectivity index (χ1n) is 6.14. The van der Waals surface area contributed by atoms with Gasteiger partial charge in [0.15, 0.2) is 0 Å². The molecule has 2 aromatic rings. The van der Waals surface area contributed by atoms with Gasteiger partial charge in [0, 0.05) is 39.4 Å². The Labute approximate surface area is 105 Å². The van der Waals surface area contributed by atoms with Gasteiger partial charge in [-0.15, -0.1) is 0 Å². The van der Waals surface area contributed by atoms with E-state index in [0.717, 1.165) is 31.8 Å². The molecule has 1 aliphatic rings. The number of anilines is 1. The molecule has 2 aromatic heterocycles. The van der Waals surface area contributed by atoms with Gasteiger partial charge in [-0.2, -0.15) is 4.98 Å². The lowest BCUT2D eigenvalue weighted by Crippen LogP contribution is -2.45. The highest BCUT2D eigenvalue weighted by atomic mass is 16.1. The van der Waals surface area contributed by atoms with Gasteiger partial charge in [-0.25, -0.2) is 0 Å². The summed E-state index contributed by atoms with van der Waals surface area (Å²) in [6, 6.07) is 1.80. The zero-order valence-corrected chi connectivity index (χ0v) is 10.7. The minimum atomic E-state index is -0.0606. The van der Waals surface area contributed by atoms with Crippen molar-refractivity contribution in [3.05, 3.63) is 22.6 Å². The molecule has 0 atom stereocenters. The van der Waals surface area contributed by atoms with E-state index in [0.29, 0.717) is 11.3 Å². The largest absolute Gasteiger partial charge is 0.340 e. The fraction of sp³-hybridized carbons (Fsp3) is 0.500. The van der Waals surface area contributed by atoms with Gasteiger partial charge in [0.25, 0.3) is 5.56 Å². The molecule has 1 saturated heterocycles. The van der Waals surface area contributed by atoms with Crippen LogP contribution in [0.5, 0.6) is 0 Å². The van der Waals surface area contributed by atoms with Crippen molar-refractivity contribution < 1.29 is 0 Å². The Morgan fingerprint density at radius 3 is 2.67 bits per heavy atom. The third kappa shape index (κ3) is 1.78. The predicted molar refractivity (Wildman–Crippen MR) is 71.0 cm³/mol. The summed E-state index contributed by atoms with van der Waals surface area (Å²) in [5.41, 5.74) is 0.683. The molecule has 0 spiro atoms. The molecule has 96 valence electrons. The van der Waals surface area contributed by atoms with E-state index in [1.807, 2.05) is 17.8 Å². The molecule has 6 nitrogen and oxygen atoms in total. The van der Waals surface area contributed by atoms with Crippen LogP contribution in [-0.2, 0) is 7.05 Å². The SMILES string of the molecule is CN1CCN(c2nc3c(ccn3C)c(=O)[nH]2)CC1. The molecule has 0 radical (unpaired) electrons. The summed E-state index contributed by atoms with van der Waals surface area (Å²) < 4.78 is 1.88. The standard InChI is InChI=1S/C12H17N5O/c1-15-5-7-17(8-6-15)12-13-10-9(11(18)14-12)3-4-16(10)2/h3-4H,5-8H2,1-2H3,(H,13,14,18). The van der Waals surface area contributed by atoms with E-state index in [-0.39, 0.29) is 5.56 Å². The van der Waals surface area contributed by atoms with Crippen molar-refractivity contribution in [3.8, 4) is 0 Å². The number of nitrogens with one attached hydrogen (secondary N) is 1. The number of fused-ring (bicyclic) bond motifs is 1. The van der Waals surface area contributed by atoms with E-state index in [1.165, 1.54) is 0 Å². The first-order valence-corrected chi connectivity index (χ1v) is 6.14. The molecule has 1 fully saturated rings. The summed E-state index contributed by atoms with van der Waals surface area (Å²) in [5.74, 6) is 0.683. The van der Waals surface area contributed by atoms with Crippen molar-refractivity contribution in [3.63, 3.8) is 0 Å². The number of nitrogens with zero attached hydrogens (tertiary/aromatic N) is 4. The monoisotopic (exact) mass is 247 g/mol. The van der Waals surface area contributed by atoms with Gasteiger partial charge in [0.1, 0.15) is 5.65 Å². The Morgan fingerprint density at radius 1 is 1.22 bits per heavy atom. The summed E-state index contributed by atoms with van der Waals surface area (Å²) in [6.07, 6.45) is 1.86. The molecule has 0 unspecified atom stereocenters. The van der Waals surface area contributed by atoms with Gasteiger partial charge in [0.2, 0.25) is 5.95 Å². The Balaban J connectivity index is 2.02. The van der Waals surface area contributed by atoms with E-state index in [1.54, 1.807) is 6.07 Å². The van der Waals surface area contributed by atoms with Crippen LogP contribution in [0, 0.1) is 0 Å². The number of aryl methyl sites for hydroxylation is 1. The molecular weight excluding hydrogens is 230 g/mol. The summed E-state index contributed by atoms with van der Waals surface area (Å²) in [6.45, 7) is 3.79. The number of H-pyrrole nitrogens is 1. The molecule has 1 aliphatic heterocycles. The van der Waals surface area contributed by atoms with E-state index < -0.39 is 0 Å². The number of hydrogen-bond donors (Lipinski definition) is 1.